The van der Waals surface area contributed by atoms with Gasteiger partial charge in [-0.05, 0) is 13.8 Å². The van der Waals surface area contributed by atoms with Crippen LogP contribution in [0.1, 0.15) is 13.8 Å². The maximum absolute atomic E-state index is 10.0. The predicted octanol–water partition coefficient (Wildman–Crippen LogP) is -1.34. The number of aliphatic hydroxyl groups excluding tert-OH is 2. The fraction of sp³-hybridized carbons (Fsp3) is 0.222. The van der Waals surface area contributed by atoms with Crippen molar-refractivity contribution in [2.45, 2.75) is 13.8 Å². The van der Waals surface area contributed by atoms with Crippen molar-refractivity contribution in [3.8, 4) is 0 Å². The number of hydrogen-bond donors (Lipinski definition) is 6. The van der Waals surface area contributed by atoms with Gasteiger partial charge in [0.15, 0.2) is 0 Å². The first-order chi connectivity index (χ1) is 13.8. The summed E-state index contributed by atoms with van der Waals surface area (Å²) in [7, 11) is 0. The Morgan fingerprint density at radius 2 is 0.867 bits per heavy atom. The number of aliphatic carboxylic acids is 2. The third kappa shape index (κ3) is 24.1. The second kappa shape index (κ2) is 18.5. The molecule has 6 N–H and O–H groups in total. The highest BCUT2D eigenvalue weighted by Crippen LogP contribution is 1.83. The molecule has 12 heteroatoms. The second-order valence-electron chi connectivity index (χ2n) is 4.99. The van der Waals surface area contributed by atoms with E-state index >= 15 is 0 Å². The van der Waals surface area contributed by atoms with E-state index in [1.54, 1.807) is 0 Å². The van der Waals surface area contributed by atoms with Crippen LogP contribution in [0.15, 0.2) is 48.6 Å². The Labute approximate surface area is 171 Å². The summed E-state index contributed by atoms with van der Waals surface area (Å²) in [6.07, 6.45) is 4.79. The Kier molecular flexibility index (Phi) is 19.0. The van der Waals surface area contributed by atoms with Crippen molar-refractivity contribution < 1.29 is 49.2 Å². The summed E-state index contributed by atoms with van der Waals surface area (Å²) < 4.78 is 0. The quantitative estimate of drug-likeness (QED) is 0.230. The fourth-order valence-electron chi connectivity index (χ4n) is 0.712. The van der Waals surface area contributed by atoms with Crippen molar-refractivity contribution in [1.29, 1.82) is 0 Å². The fourth-order valence-corrected chi connectivity index (χ4v) is 0.712. The Morgan fingerprint density at radius 1 is 0.700 bits per heavy atom. The molecule has 2 aliphatic heterocycles. The van der Waals surface area contributed by atoms with Crippen LogP contribution in [0.3, 0.4) is 0 Å². The first-order valence-corrected chi connectivity index (χ1v) is 7.83. The third-order valence-corrected chi connectivity index (χ3v) is 2.10. The van der Waals surface area contributed by atoms with Gasteiger partial charge in [-0.3, -0.25) is 29.8 Å². The van der Waals surface area contributed by atoms with E-state index in [0.717, 1.165) is 0 Å². The predicted molar refractivity (Wildman–Crippen MR) is 104 cm³/mol. The zero-order valence-corrected chi connectivity index (χ0v) is 16.4. The molecule has 0 unspecified atom stereocenters. The zero-order chi connectivity index (χ0) is 24.3. The number of carbonyl (C=O) groups excluding carboxylic acids is 4. The van der Waals surface area contributed by atoms with Crippen molar-refractivity contribution in [3.63, 3.8) is 0 Å². The van der Waals surface area contributed by atoms with Crippen molar-refractivity contribution in [3.05, 3.63) is 48.6 Å². The van der Waals surface area contributed by atoms with Gasteiger partial charge in [0.25, 0.3) is 23.6 Å². The minimum Gasteiger partial charge on any atom is -0.478 e. The minimum atomic E-state index is -0.935. The first-order valence-electron chi connectivity index (χ1n) is 7.83. The summed E-state index contributed by atoms with van der Waals surface area (Å²) in [4.78, 5) is 59.3. The molecule has 2 rings (SSSR count). The largest absolute Gasteiger partial charge is 0.478 e. The summed E-state index contributed by atoms with van der Waals surface area (Å²) in [5, 5.41) is 35.1. The number of rotatable bonds is 3. The van der Waals surface area contributed by atoms with Crippen LogP contribution in [0, 0.1) is 0 Å². The van der Waals surface area contributed by atoms with Gasteiger partial charge < -0.3 is 20.4 Å². The van der Waals surface area contributed by atoms with Crippen LogP contribution in [-0.2, 0) is 28.8 Å². The van der Waals surface area contributed by atoms with Crippen LogP contribution in [-0.4, -0.2) is 69.2 Å². The molecule has 0 fully saturated rings. The van der Waals surface area contributed by atoms with Gasteiger partial charge in [-0.25, -0.2) is 9.59 Å². The van der Waals surface area contributed by atoms with Crippen molar-refractivity contribution >= 4 is 35.6 Å². The van der Waals surface area contributed by atoms with Gasteiger partial charge in [0.05, 0.1) is 13.2 Å². The topological polar surface area (TPSA) is 207 Å². The molecule has 0 radical (unpaired) electrons. The Balaban J connectivity index is -0.000000308. The van der Waals surface area contributed by atoms with Crippen molar-refractivity contribution in [2.75, 3.05) is 13.2 Å². The summed E-state index contributed by atoms with van der Waals surface area (Å²) in [6, 6.07) is 0. The summed E-state index contributed by atoms with van der Waals surface area (Å²) in [6.45, 7) is 8.95. The van der Waals surface area contributed by atoms with Crippen LogP contribution in [0.2, 0.25) is 0 Å². The highest BCUT2D eigenvalue weighted by molar-refractivity contribution is 6.13. The SMILES string of the molecule is C=C(C)C(=O)O.C=C(C)C(=O)O.O=C1C=CC(=O)N1.O=C1C=CC(=O)N1.OCCO. The average molecular weight is 428 g/mol. The zero-order valence-electron chi connectivity index (χ0n) is 16.4. The summed E-state index contributed by atoms with van der Waals surface area (Å²) in [5.74, 6) is -3.19. The molecule has 0 atom stereocenters. The minimum absolute atomic E-state index is 0.125. The number of imide groups is 2. The van der Waals surface area contributed by atoms with E-state index in [4.69, 9.17) is 20.4 Å². The second-order valence-corrected chi connectivity index (χ2v) is 4.99. The van der Waals surface area contributed by atoms with Gasteiger partial charge in [-0.2, -0.15) is 0 Å². The van der Waals surface area contributed by atoms with Gasteiger partial charge in [-0.1, -0.05) is 13.2 Å². The van der Waals surface area contributed by atoms with Crippen LogP contribution >= 0.6 is 0 Å². The Morgan fingerprint density at radius 3 is 0.900 bits per heavy atom. The van der Waals surface area contributed by atoms with Crippen molar-refractivity contribution in [2.24, 2.45) is 0 Å². The maximum atomic E-state index is 10.0. The van der Waals surface area contributed by atoms with E-state index in [2.05, 4.69) is 13.2 Å². The van der Waals surface area contributed by atoms with Gasteiger partial charge in [-0.15, -0.1) is 0 Å². The van der Waals surface area contributed by atoms with Crippen LogP contribution in [0.25, 0.3) is 0 Å². The van der Waals surface area contributed by atoms with Gasteiger partial charge >= 0.3 is 11.9 Å². The number of carbonyl (C=O) groups is 6. The van der Waals surface area contributed by atoms with Crippen LogP contribution in [0.4, 0.5) is 0 Å². The van der Waals surface area contributed by atoms with Crippen LogP contribution in [0.5, 0.6) is 0 Å². The van der Waals surface area contributed by atoms with Crippen molar-refractivity contribution in [1.82, 2.24) is 10.6 Å². The number of carboxylic acid groups (broad SMARTS) is 2. The lowest BCUT2D eigenvalue weighted by Crippen LogP contribution is -2.19. The molecular weight excluding hydrogens is 404 g/mol. The molecule has 166 valence electrons. The number of amides is 4. The normalized spacial score (nSPS) is 12.3. The summed E-state index contributed by atoms with van der Waals surface area (Å²) >= 11 is 0. The molecule has 0 saturated carbocycles. The lowest BCUT2D eigenvalue weighted by Gasteiger charge is -1.80. The average Bonchev–Trinajstić information content (AvgIpc) is 3.22. The van der Waals surface area contributed by atoms with E-state index in [-0.39, 0.29) is 48.0 Å². The van der Waals surface area contributed by atoms with Crippen LogP contribution < -0.4 is 10.6 Å². The third-order valence-electron chi connectivity index (χ3n) is 2.10. The Hall–Kier alpha value is -3.90. The monoisotopic (exact) mass is 428 g/mol. The molecule has 0 saturated heterocycles. The molecule has 2 heterocycles. The maximum Gasteiger partial charge on any atom is 0.330 e. The molecule has 0 aromatic heterocycles. The Bertz CT molecular complexity index is 617. The van der Waals surface area contributed by atoms with Gasteiger partial charge in [0.2, 0.25) is 0 Å². The molecular formula is C18H24N2O10. The summed E-state index contributed by atoms with van der Waals surface area (Å²) in [5.41, 5.74) is 0.352. The molecule has 0 spiro atoms. The molecule has 0 aromatic carbocycles. The highest BCUT2D eigenvalue weighted by atomic mass is 16.4. The lowest BCUT2D eigenvalue weighted by atomic mass is 10.4. The molecule has 2 aliphatic rings. The smallest absolute Gasteiger partial charge is 0.330 e. The number of carboxylic acids is 2. The lowest BCUT2D eigenvalue weighted by molar-refractivity contribution is -0.133. The molecule has 12 nitrogen and oxygen atoms in total. The van der Waals surface area contributed by atoms with E-state index in [0.29, 0.717) is 0 Å². The molecule has 0 aliphatic carbocycles. The van der Waals surface area contributed by atoms with E-state index < -0.39 is 11.9 Å². The van der Waals surface area contributed by atoms with E-state index in [1.807, 2.05) is 10.6 Å². The van der Waals surface area contributed by atoms with E-state index in [9.17, 15) is 28.8 Å². The number of nitrogens with one attached hydrogen (secondary N) is 2. The standard InChI is InChI=1S/2C4H3NO2.2C4H6O2.C2H6O2/c2*6-3-1-2-4(7)5-3;2*1-3(2)4(5)6;3-1-2-4/h2*1-2H,(H,5,6,7);2*1H2,2H3,(H,5,6);3-4H,1-2H2. The first kappa shape index (κ1) is 30.8. The molecule has 0 bridgehead atoms. The van der Waals surface area contributed by atoms with Gasteiger partial charge in [0.1, 0.15) is 0 Å². The number of aliphatic hydroxyl groups is 2. The molecule has 4 amide bonds. The number of hydrogen-bond acceptors (Lipinski definition) is 8. The molecule has 30 heavy (non-hydrogen) atoms. The highest BCUT2D eigenvalue weighted by Gasteiger charge is 2.07. The van der Waals surface area contributed by atoms with Gasteiger partial charge in [0, 0.05) is 35.5 Å². The van der Waals surface area contributed by atoms with E-state index in [1.165, 1.54) is 38.2 Å². The molecule has 0 aromatic rings.